The van der Waals surface area contributed by atoms with Gasteiger partial charge >= 0.3 is 0 Å². The van der Waals surface area contributed by atoms with E-state index in [-0.39, 0.29) is 0 Å². The summed E-state index contributed by atoms with van der Waals surface area (Å²) >= 11 is 0. The van der Waals surface area contributed by atoms with Gasteiger partial charge in [0, 0.05) is 18.5 Å². The summed E-state index contributed by atoms with van der Waals surface area (Å²) in [6.45, 7) is 3.21. The zero-order valence-electron chi connectivity index (χ0n) is 17.9. The van der Waals surface area contributed by atoms with Crippen molar-refractivity contribution >= 4 is 11.0 Å². The summed E-state index contributed by atoms with van der Waals surface area (Å²) in [6.07, 6.45) is 1.70. The number of nitrogens with zero attached hydrogens (tertiary/aromatic N) is 4. The van der Waals surface area contributed by atoms with Crippen molar-refractivity contribution < 1.29 is 9.26 Å². The van der Waals surface area contributed by atoms with E-state index in [1.807, 2.05) is 36.4 Å². The number of rotatable bonds is 8. The van der Waals surface area contributed by atoms with Crippen LogP contribution in [0.1, 0.15) is 23.6 Å². The van der Waals surface area contributed by atoms with E-state index in [4.69, 9.17) is 14.2 Å². The van der Waals surface area contributed by atoms with E-state index in [9.17, 15) is 0 Å². The maximum atomic E-state index is 6.00. The average molecular weight is 425 g/mol. The number of fused-ring (bicyclic) bond motifs is 1. The van der Waals surface area contributed by atoms with Crippen LogP contribution in [0.2, 0.25) is 0 Å². The van der Waals surface area contributed by atoms with E-state index in [0.29, 0.717) is 18.3 Å². The van der Waals surface area contributed by atoms with Gasteiger partial charge in [-0.15, -0.1) is 0 Å². The first-order valence-corrected chi connectivity index (χ1v) is 10.8. The molecule has 0 radical (unpaired) electrons. The van der Waals surface area contributed by atoms with Crippen molar-refractivity contribution in [3.05, 3.63) is 96.1 Å². The molecule has 0 saturated heterocycles. The maximum Gasteiger partial charge on any atom is 0.258 e. The van der Waals surface area contributed by atoms with Gasteiger partial charge in [-0.3, -0.25) is 0 Å². The van der Waals surface area contributed by atoms with Gasteiger partial charge in [-0.05, 0) is 49.2 Å². The molecule has 5 aromatic rings. The average Bonchev–Trinajstić information content (AvgIpc) is 3.41. The van der Waals surface area contributed by atoms with Gasteiger partial charge in [-0.25, -0.2) is 4.98 Å². The van der Waals surface area contributed by atoms with Crippen molar-refractivity contribution in [1.82, 2.24) is 19.7 Å². The lowest BCUT2D eigenvalue weighted by Crippen LogP contribution is -2.07. The van der Waals surface area contributed by atoms with Gasteiger partial charge in [0.2, 0.25) is 0 Å². The smallest absolute Gasteiger partial charge is 0.258 e. The van der Waals surface area contributed by atoms with E-state index >= 15 is 0 Å². The zero-order chi connectivity index (χ0) is 21.8. The van der Waals surface area contributed by atoms with Crippen LogP contribution in [-0.4, -0.2) is 26.3 Å². The Morgan fingerprint density at radius 2 is 1.75 bits per heavy atom. The predicted octanol–water partition coefficient (Wildman–Crippen LogP) is 5.45. The van der Waals surface area contributed by atoms with Crippen LogP contribution in [0.3, 0.4) is 0 Å². The number of aromatic nitrogens is 4. The van der Waals surface area contributed by atoms with E-state index in [1.54, 1.807) is 6.92 Å². The number of ether oxygens (including phenoxy) is 1. The first-order valence-electron chi connectivity index (χ1n) is 10.8. The normalized spacial score (nSPS) is 11.2. The fourth-order valence-electron chi connectivity index (χ4n) is 3.81. The highest BCUT2D eigenvalue weighted by Gasteiger charge is 2.11. The molecule has 2 heterocycles. The minimum Gasteiger partial charge on any atom is -0.494 e. The monoisotopic (exact) mass is 424 g/mol. The molecule has 0 N–H and O–H groups in total. The molecular formula is C26H24N4O2. The highest BCUT2D eigenvalue weighted by Crippen LogP contribution is 2.23. The fourth-order valence-corrected chi connectivity index (χ4v) is 3.81. The van der Waals surface area contributed by atoms with Gasteiger partial charge in [0.15, 0.2) is 5.82 Å². The molecule has 0 atom stereocenters. The Morgan fingerprint density at radius 3 is 2.59 bits per heavy atom. The SMILES string of the molecule is Cc1noc(-c2cccc(OCCCc3nc4ccccc4n3Cc3ccccc3)c2)n1. The number of hydrogen-bond donors (Lipinski definition) is 0. The van der Waals surface area contributed by atoms with Gasteiger partial charge in [-0.1, -0.05) is 53.7 Å². The molecule has 5 rings (SSSR count). The highest BCUT2D eigenvalue weighted by molar-refractivity contribution is 5.76. The second kappa shape index (κ2) is 9.06. The summed E-state index contributed by atoms with van der Waals surface area (Å²) in [7, 11) is 0. The standard InChI is InChI=1S/C26H24N4O2/c1-19-27-26(32-29-19)21-11-7-12-22(17-21)31-16-8-15-25-28-23-13-5-6-14-24(23)30(25)18-20-9-3-2-4-10-20/h2-7,9-14,17H,8,15-16,18H2,1H3. The number of hydrogen-bond acceptors (Lipinski definition) is 5. The van der Waals surface area contributed by atoms with E-state index in [0.717, 1.165) is 47.6 Å². The molecule has 0 aliphatic heterocycles. The maximum absolute atomic E-state index is 6.00. The van der Waals surface area contributed by atoms with Crippen molar-refractivity contribution in [3.8, 4) is 17.2 Å². The van der Waals surface area contributed by atoms with Gasteiger partial charge in [0.05, 0.1) is 17.6 Å². The third kappa shape index (κ3) is 4.39. The Hall–Kier alpha value is -3.93. The fraction of sp³-hybridized carbons (Fsp3) is 0.192. The molecule has 0 aliphatic rings. The number of aryl methyl sites for hydroxylation is 2. The second-order valence-corrected chi connectivity index (χ2v) is 7.72. The molecule has 2 aromatic heterocycles. The van der Waals surface area contributed by atoms with Gasteiger partial charge in [0.25, 0.3) is 5.89 Å². The third-order valence-corrected chi connectivity index (χ3v) is 5.34. The largest absolute Gasteiger partial charge is 0.494 e. The molecular weight excluding hydrogens is 400 g/mol. The molecule has 6 nitrogen and oxygen atoms in total. The molecule has 0 fully saturated rings. The third-order valence-electron chi connectivity index (χ3n) is 5.34. The Kier molecular flexibility index (Phi) is 5.66. The first kappa shape index (κ1) is 20.0. The Morgan fingerprint density at radius 1 is 0.906 bits per heavy atom. The summed E-state index contributed by atoms with van der Waals surface area (Å²) in [4.78, 5) is 9.17. The first-order chi connectivity index (χ1) is 15.8. The molecule has 0 amide bonds. The number of imidazole rings is 1. The second-order valence-electron chi connectivity index (χ2n) is 7.72. The molecule has 0 unspecified atom stereocenters. The lowest BCUT2D eigenvalue weighted by molar-refractivity contribution is 0.309. The van der Waals surface area contributed by atoms with Crippen molar-refractivity contribution in [2.45, 2.75) is 26.3 Å². The highest BCUT2D eigenvalue weighted by atomic mass is 16.5. The summed E-state index contributed by atoms with van der Waals surface area (Å²) in [5, 5.41) is 3.85. The minimum atomic E-state index is 0.502. The van der Waals surface area contributed by atoms with Crippen molar-refractivity contribution in [1.29, 1.82) is 0 Å². The Labute approximate surface area is 186 Å². The lowest BCUT2D eigenvalue weighted by Gasteiger charge is -2.10. The molecule has 6 heteroatoms. The molecule has 0 spiro atoms. The molecule has 160 valence electrons. The lowest BCUT2D eigenvalue weighted by atomic mass is 10.2. The van der Waals surface area contributed by atoms with Crippen LogP contribution in [0, 0.1) is 6.92 Å². The van der Waals surface area contributed by atoms with Crippen LogP contribution in [-0.2, 0) is 13.0 Å². The van der Waals surface area contributed by atoms with Gasteiger partial charge in [-0.2, -0.15) is 4.98 Å². The quantitative estimate of drug-likeness (QED) is 0.310. The van der Waals surface area contributed by atoms with E-state index in [2.05, 4.69) is 57.2 Å². The Balaban J connectivity index is 1.26. The van der Waals surface area contributed by atoms with Crippen LogP contribution in [0.4, 0.5) is 0 Å². The van der Waals surface area contributed by atoms with Crippen LogP contribution in [0.25, 0.3) is 22.5 Å². The topological polar surface area (TPSA) is 66.0 Å². The van der Waals surface area contributed by atoms with Crippen LogP contribution >= 0.6 is 0 Å². The number of benzene rings is 3. The van der Waals surface area contributed by atoms with Crippen LogP contribution in [0.15, 0.2) is 83.4 Å². The van der Waals surface area contributed by atoms with E-state index in [1.165, 1.54) is 5.56 Å². The van der Waals surface area contributed by atoms with Crippen molar-refractivity contribution in [2.24, 2.45) is 0 Å². The summed E-state index contributed by atoms with van der Waals surface area (Å²) in [6, 6.07) is 26.5. The summed E-state index contributed by atoms with van der Waals surface area (Å²) in [5.41, 5.74) is 4.31. The van der Waals surface area contributed by atoms with Crippen LogP contribution < -0.4 is 4.74 Å². The Bertz CT molecular complexity index is 1320. The molecule has 0 saturated carbocycles. The van der Waals surface area contributed by atoms with E-state index < -0.39 is 0 Å². The molecule has 32 heavy (non-hydrogen) atoms. The van der Waals surface area contributed by atoms with Gasteiger partial charge in [0.1, 0.15) is 11.6 Å². The molecule has 0 aliphatic carbocycles. The van der Waals surface area contributed by atoms with Crippen molar-refractivity contribution in [3.63, 3.8) is 0 Å². The molecule has 0 bridgehead atoms. The zero-order valence-corrected chi connectivity index (χ0v) is 17.9. The van der Waals surface area contributed by atoms with Gasteiger partial charge < -0.3 is 13.8 Å². The van der Waals surface area contributed by atoms with Crippen LogP contribution in [0.5, 0.6) is 5.75 Å². The number of para-hydroxylation sites is 2. The predicted molar refractivity (Wildman–Crippen MR) is 124 cm³/mol. The van der Waals surface area contributed by atoms with Crippen molar-refractivity contribution in [2.75, 3.05) is 6.61 Å². The summed E-state index contributed by atoms with van der Waals surface area (Å²) < 4.78 is 13.6. The minimum absolute atomic E-state index is 0.502. The molecule has 3 aromatic carbocycles. The summed E-state index contributed by atoms with van der Waals surface area (Å²) in [5.74, 6) is 2.98.